The van der Waals surface area contributed by atoms with Crippen molar-refractivity contribution in [2.24, 2.45) is 5.84 Å². The van der Waals surface area contributed by atoms with E-state index in [2.05, 4.69) is 21.4 Å². The van der Waals surface area contributed by atoms with E-state index in [-0.39, 0.29) is 6.04 Å². The molecule has 5 heteroatoms. The van der Waals surface area contributed by atoms with Crippen LogP contribution in [0.1, 0.15) is 24.1 Å². The Hall–Kier alpha value is -1.07. The molecule has 0 aromatic heterocycles. The van der Waals surface area contributed by atoms with Crippen LogP contribution in [0.4, 0.5) is 0 Å². The lowest BCUT2D eigenvalue weighted by atomic mass is 9.99. The third-order valence-corrected chi connectivity index (χ3v) is 3.92. The highest BCUT2D eigenvalue weighted by atomic mass is 79.9. The van der Waals surface area contributed by atoms with Crippen molar-refractivity contribution in [3.8, 4) is 5.75 Å². The summed E-state index contributed by atoms with van der Waals surface area (Å²) in [6.07, 6.45) is 0. The number of nitrogens with one attached hydrogen (secondary N) is 1. The molecule has 3 nitrogen and oxygen atoms in total. The van der Waals surface area contributed by atoms with E-state index in [1.165, 1.54) is 0 Å². The molecule has 20 heavy (non-hydrogen) atoms. The number of nitrogens with two attached hydrogens (primary N) is 1. The maximum atomic E-state index is 6.06. The lowest BCUT2D eigenvalue weighted by Crippen LogP contribution is -2.29. The largest absolute Gasteiger partial charge is 0.494 e. The quantitative estimate of drug-likeness (QED) is 0.628. The van der Waals surface area contributed by atoms with Crippen molar-refractivity contribution in [2.45, 2.75) is 13.0 Å². The minimum absolute atomic E-state index is 0.140. The molecule has 3 N–H and O–H groups in total. The summed E-state index contributed by atoms with van der Waals surface area (Å²) >= 11 is 9.59. The Morgan fingerprint density at radius 2 is 1.95 bits per heavy atom. The third kappa shape index (κ3) is 3.52. The van der Waals surface area contributed by atoms with Crippen LogP contribution in [-0.4, -0.2) is 6.61 Å². The van der Waals surface area contributed by atoms with Crippen LogP contribution in [0.15, 0.2) is 46.9 Å². The van der Waals surface area contributed by atoms with Gasteiger partial charge in [-0.3, -0.25) is 5.84 Å². The molecule has 1 atom stereocenters. The van der Waals surface area contributed by atoms with Crippen LogP contribution in [0, 0.1) is 0 Å². The Morgan fingerprint density at radius 3 is 2.55 bits per heavy atom. The van der Waals surface area contributed by atoms with Crippen LogP contribution in [0.3, 0.4) is 0 Å². The molecule has 0 aliphatic heterocycles. The van der Waals surface area contributed by atoms with Gasteiger partial charge in [0.25, 0.3) is 0 Å². The van der Waals surface area contributed by atoms with Crippen molar-refractivity contribution < 1.29 is 4.74 Å². The van der Waals surface area contributed by atoms with E-state index >= 15 is 0 Å². The number of hydrogen-bond donors (Lipinski definition) is 2. The summed E-state index contributed by atoms with van der Waals surface area (Å²) < 4.78 is 6.40. The van der Waals surface area contributed by atoms with Crippen molar-refractivity contribution in [3.05, 3.63) is 63.1 Å². The Morgan fingerprint density at radius 1 is 1.25 bits per heavy atom. The molecule has 2 rings (SSSR count). The van der Waals surface area contributed by atoms with Crippen LogP contribution in [0.2, 0.25) is 5.02 Å². The van der Waals surface area contributed by atoms with Gasteiger partial charge >= 0.3 is 0 Å². The van der Waals surface area contributed by atoms with Gasteiger partial charge in [0.2, 0.25) is 0 Å². The van der Waals surface area contributed by atoms with Gasteiger partial charge in [0.1, 0.15) is 5.75 Å². The second-order valence-corrected chi connectivity index (χ2v) is 5.56. The molecule has 0 amide bonds. The SMILES string of the molecule is CCOc1ccc(C(NN)c2cc(Cl)ccc2Br)cc1. The fraction of sp³-hybridized carbons (Fsp3) is 0.200. The van der Waals surface area contributed by atoms with Gasteiger partial charge in [-0.25, -0.2) is 5.43 Å². The number of ether oxygens (including phenoxy) is 1. The molecule has 0 saturated carbocycles. The van der Waals surface area contributed by atoms with E-state index in [1.54, 1.807) is 0 Å². The van der Waals surface area contributed by atoms with Crippen molar-refractivity contribution >= 4 is 27.5 Å². The van der Waals surface area contributed by atoms with Gasteiger partial charge in [-0.1, -0.05) is 39.7 Å². The summed E-state index contributed by atoms with van der Waals surface area (Å²) in [4.78, 5) is 0. The molecule has 106 valence electrons. The van der Waals surface area contributed by atoms with Crippen molar-refractivity contribution in [2.75, 3.05) is 6.61 Å². The molecule has 0 aliphatic carbocycles. The van der Waals surface area contributed by atoms with E-state index in [4.69, 9.17) is 22.2 Å². The number of hydrogen-bond acceptors (Lipinski definition) is 3. The zero-order valence-corrected chi connectivity index (χ0v) is 13.4. The molecular formula is C15H16BrClN2O. The topological polar surface area (TPSA) is 47.3 Å². The molecular weight excluding hydrogens is 340 g/mol. The van der Waals surface area contributed by atoms with Gasteiger partial charge in [0, 0.05) is 9.50 Å². The molecule has 2 aromatic rings. The molecule has 0 spiro atoms. The Labute approximate surface area is 132 Å². The molecule has 0 saturated heterocycles. The molecule has 0 heterocycles. The predicted octanol–water partition coefficient (Wildman–Crippen LogP) is 4.05. The maximum Gasteiger partial charge on any atom is 0.119 e. The zero-order chi connectivity index (χ0) is 14.5. The predicted molar refractivity (Wildman–Crippen MR) is 85.9 cm³/mol. The normalized spacial score (nSPS) is 12.2. The van der Waals surface area contributed by atoms with E-state index in [9.17, 15) is 0 Å². The van der Waals surface area contributed by atoms with Gasteiger partial charge in [0.05, 0.1) is 12.6 Å². The summed E-state index contributed by atoms with van der Waals surface area (Å²) in [6, 6.07) is 13.3. The van der Waals surface area contributed by atoms with E-state index in [0.717, 1.165) is 21.3 Å². The van der Waals surface area contributed by atoms with Crippen LogP contribution in [0.5, 0.6) is 5.75 Å². The summed E-state index contributed by atoms with van der Waals surface area (Å²) in [6.45, 7) is 2.61. The monoisotopic (exact) mass is 354 g/mol. The number of benzene rings is 2. The van der Waals surface area contributed by atoms with Crippen molar-refractivity contribution in [1.82, 2.24) is 5.43 Å². The molecule has 0 fully saturated rings. The zero-order valence-electron chi connectivity index (χ0n) is 11.1. The average molecular weight is 356 g/mol. The van der Waals surface area contributed by atoms with Gasteiger partial charge in [-0.05, 0) is 48.4 Å². The smallest absolute Gasteiger partial charge is 0.119 e. The second kappa shape index (κ2) is 7.09. The van der Waals surface area contributed by atoms with E-state index in [1.807, 2.05) is 49.4 Å². The highest BCUT2D eigenvalue weighted by Crippen LogP contribution is 2.31. The van der Waals surface area contributed by atoms with Gasteiger partial charge in [0.15, 0.2) is 0 Å². The highest BCUT2D eigenvalue weighted by Gasteiger charge is 2.16. The Balaban J connectivity index is 2.34. The Bertz CT molecular complexity index is 575. The Kier molecular flexibility index (Phi) is 5.43. The fourth-order valence-corrected chi connectivity index (χ4v) is 2.68. The minimum Gasteiger partial charge on any atom is -0.494 e. The van der Waals surface area contributed by atoms with Crippen molar-refractivity contribution in [1.29, 1.82) is 0 Å². The third-order valence-electron chi connectivity index (χ3n) is 2.96. The van der Waals surface area contributed by atoms with Gasteiger partial charge < -0.3 is 4.74 Å². The molecule has 0 radical (unpaired) electrons. The first-order valence-corrected chi connectivity index (χ1v) is 7.46. The van der Waals surface area contributed by atoms with Crippen LogP contribution in [0.25, 0.3) is 0 Å². The highest BCUT2D eigenvalue weighted by molar-refractivity contribution is 9.10. The fourth-order valence-electron chi connectivity index (χ4n) is 2.02. The van der Waals surface area contributed by atoms with E-state index < -0.39 is 0 Å². The second-order valence-electron chi connectivity index (χ2n) is 4.27. The summed E-state index contributed by atoms with van der Waals surface area (Å²) in [7, 11) is 0. The first kappa shape index (κ1) is 15.3. The van der Waals surface area contributed by atoms with Crippen molar-refractivity contribution in [3.63, 3.8) is 0 Å². The summed E-state index contributed by atoms with van der Waals surface area (Å²) in [5.41, 5.74) is 4.86. The van der Waals surface area contributed by atoms with E-state index in [0.29, 0.717) is 11.6 Å². The first-order valence-electron chi connectivity index (χ1n) is 6.29. The summed E-state index contributed by atoms with van der Waals surface area (Å²) in [5, 5.41) is 0.675. The minimum atomic E-state index is -0.140. The van der Waals surface area contributed by atoms with Crippen LogP contribution < -0.4 is 16.0 Å². The van der Waals surface area contributed by atoms with Gasteiger partial charge in [-0.15, -0.1) is 0 Å². The summed E-state index contributed by atoms with van der Waals surface area (Å²) in [5.74, 6) is 6.55. The number of hydrazine groups is 1. The average Bonchev–Trinajstić information content (AvgIpc) is 2.45. The first-order chi connectivity index (χ1) is 9.65. The van der Waals surface area contributed by atoms with Crippen LogP contribution >= 0.6 is 27.5 Å². The molecule has 1 unspecified atom stereocenters. The number of rotatable bonds is 5. The molecule has 0 aliphatic rings. The molecule has 0 bridgehead atoms. The lowest BCUT2D eigenvalue weighted by Gasteiger charge is -2.19. The van der Waals surface area contributed by atoms with Crippen LogP contribution in [-0.2, 0) is 0 Å². The number of halogens is 2. The standard InChI is InChI=1S/C15H16BrClN2O/c1-2-20-12-6-3-10(4-7-12)15(19-18)13-9-11(17)5-8-14(13)16/h3-9,15,19H,2,18H2,1H3. The lowest BCUT2D eigenvalue weighted by molar-refractivity contribution is 0.340. The maximum absolute atomic E-state index is 6.06. The van der Waals surface area contributed by atoms with Gasteiger partial charge in [-0.2, -0.15) is 0 Å². The molecule has 2 aromatic carbocycles.